The van der Waals surface area contributed by atoms with E-state index in [-0.39, 0.29) is 0 Å². The summed E-state index contributed by atoms with van der Waals surface area (Å²) >= 11 is 6.14. The monoisotopic (exact) mass is 392 g/mol. The average Bonchev–Trinajstić information content (AvgIpc) is 3.26. The van der Waals surface area contributed by atoms with Crippen molar-refractivity contribution in [2.45, 2.75) is 50.1 Å². The van der Waals surface area contributed by atoms with Gasteiger partial charge in [-0.2, -0.15) is 0 Å². The Balaban J connectivity index is 1.53. The number of rotatable bonds is 3. The fourth-order valence-corrected chi connectivity index (χ4v) is 5.34. The maximum Gasteiger partial charge on any atom is 0.142 e. The van der Waals surface area contributed by atoms with E-state index in [0.717, 1.165) is 28.5 Å². The summed E-state index contributed by atoms with van der Waals surface area (Å²) in [4.78, 5) is 2.56. The predicted molar refractivity (Wildman–Crippen MR) is 113 cm³/mol. The summed E-state index contributed by atoms with van der Waals surface area (Å²) in [5, 5.41) is 5.22. The van der Waals surface area contributed by atoms with Gasteiger partial charge < -0.3 is 4.52 Å². The van der Waals surface area contributed by atoms with Crippen molar-refractivity contribution in [1.29, 1.82) is 0 Å². The maximum atomic E-state index is 6.14. The van der Waals surface area contributed by atoms with Crippen LogP contribution >= 0.6 is 11.6 Å². The molecule has 0 unspecified atom stereocenters. The molecule has 1 aromatic heterocycles. The predicted octanol–water partition coefficient (Wildman–Crippen LogP) is 6.04. The van der Waals surface area contributed by atoms with Crippen molar-refractivity contribution in [2.75, 3.05) is 7.05 Å². The largest absolute Gasteiger partial charge is 0.360 e. The van der Waals surface area contributed by atoms with E-state index in [1.54, 1.807) is 0 Å². The van der Waals surface area contributed by atoms with Gasteiger partial charge in [0, 0.05) is 34.7 Å². The molecule has 4 atom stereocenters. The van der Waals surface area contributed by atoms with E-state index in [1.165, 1.54) is 24.0 Å². The van der Waals surface area contributed by atoms with Crippen LogP contribution in [-0.2, 0) is 0 Å². The summed E-state index contributed by atoms with van der Waals surface area (Å²) in [6.45, 7) is 2.10. The van der Waals surface area contributed by atoms with Crippen molar-refractivity contribution in [3.05, 3.63) is 76.5 Å². The Bertz CT molecular complexity index is 963. The molecule has 5 rings (SSSR count). The number of aromatic nitrogens is 1. The van der Waals surface area contributed by atoms with Crippen molar-refractivity contribution in [3.8, 4) is 11.3 Å². The van der Waals surface area contributed by atoms with Crippen LogP contribution in [0.3, 0.4) is 0 Å². The molecule has 2 aromatic carbocycles. The van der Waals surface area contributed by atoms with E-state index in [4.69, 9.17) is 16.1 Å². The van der Waals surface area contributed by atoms with E-state index < -0.39 is 0 Å². The molecule has 2 bridgehead atoms. The van der Waals surface area contributed by atoms with Gasteiger partial charge >= 0.3 is 0 Å². The summed E-state index contributed by atoms with van der Waals surface area (Å²) in [5.74, 6) is 1.76. The number of hydrogen-bond acceptors (Lipinski definition) is 3. The molecule has 28 heavy (non-hydrogen) atoms. The SMILES string of the molecule is Cc1ccc(-c2cc([C@H]3[C@@H](c4ccc(Cl)cc4)C[C@@H]4CC[C@H]3N4C)on2)cc1. The van der Waals surface area contributed by atoms with Gasteiger partial charge in [0.1, 0.15) is 11.5 Å². The highest BCUT2D eigenvalue weighted by atomic mass is 35.5. The topological polar surface area (TPSA) is 29.3 Å². The number of fused-ring (bicyclic) bond motifs is 2. The van der Waals surface area contributed by atoms with Crippen molar-refractivity contribution < 1.29 is 4.52 Å². The van der Waals surface area contributed by atoms with E-state index in [1.807, 2.05) is 12.1 Å². The molecule has 0 amide bonds. The molecule has 3 nitrogen and oxygen atoms in total. The zero-order valence-electron chi connectivity index (χ0n) is 16.3. The molecule has 3 heterocycles. The fourth-order valence-electron chi connectivity index (χ4n) is 5.21. The van der Waals surface area contributed by atoms with Crippen LogP contribution in [0.25, 0.3) is 11.3 Å². The van der Waals surface area contributed by atoms with E-state index in [2.05, 4.69) is 66.5 Å². The third-order valence-corrected chi connectivity index (χ3v) is 7.02. The van der Waals surface area contributed by atoms with Crippen molar-refractivity contribution in [3.63, 3.8) is 0 Å². The van der Waals surface area contributed by atoms with Gasteiger partial charge in [-0.1, -0.05) is 58.7 Å². The van der Waals surface area contributed by atoms with Crippen LogP contribution in [0.15, 0.2) is 59.1 Å². The molecule has 0 spiro atoms. The Morgan fingerprint density at radius 1 is 1.04 bits per heavy atom. The van der Waals surface area contributed by atoms with Crippen molar-refractivity contribution >= 4 is 11.6 Å². The molecule has 0 saturated carbocycles. The lowest BCUT2D eigenvalue weighted by Crippen LogP contribution is -2.44. The molecule has 0 N–H and O–H groups in total. The Hall–Kier alpha value is -2.10. The second-order valence-electron chi connectivity index (χ2n) is 8.36. The van der Waals surface area contributed by atoms with E-state index in [0.29, 0.717) is 23.9 Å². The summed E-state index contributed by atoms with van der Waals surface area (Å²) in [6, 6.07) is 20.2. The van der Waals surface area contributed by atoms with Gasteiger partial charge in [0.05, 0.1) is 0 Å². The summed E-state index contributed by atoms with van der Waals surface area (Å²) in [7, 11) is 2.27. The molecule has 144 valence electrons. The van der Waals surface area contributed by atoms with Gasteiger partial charge in [-0.05, 0) is 56.8 Å². The molecule has 2 aliphatic heterocycles. The number of benzene rings is 2. The smallest absolute Gasteiger partial charge is 0.142 e. The number of aryl methyl sites for hydroxylation is 1. The quantitative estimate of drug-likeness (QED) is 0.544. The minimum Gasteiger partial charge on any atom is -0.360 e. The average molecular weight is 393 g/mol. The van der Waals surface area contributed by atoms with Gasteiger partial charge in [-0.25, -0.2) is 0 Å². The van der Waals surface area contributed by atoms with Crippen molar-refractivity contribution in [2.24, 2.45) is 0 Å². The summed E-state index contributed by atoms with van der Waals surface area (Å²) < 4.78 is 5.96. The Labute approximate surface area is 171 Å². The Morgan fingerprint density at radius 2 is 1.79 bits per heavy atom. The van der Waals surface area contributed by atoms with Crippen molar-refractivity contribution in [1.82, 2.24) is 10.1 Å². The standard InChI is InChI=1S/C24H25ClN2O/c1-15-3-5-17(6-4-15)21-14-23(28-26-21)24-20(16-7-9-18(25)10-8-16)13-19-11-12-22(24)27(19)2/h3-10,14,19-20,22,24H,11-13H2,1-2H3/t19-,20+,22+,24-/m0/s1. The first-order valence-corrected chi connectivity index (χ1v) is 10.5. The number of likely N-dealkylation sites (N-methyl/N-ethyl adjacent to an activating group) is 1. The van der Waals surface area contributed by atoms with Gasteiger partial charge in [-0.3, -0.25) is 4.90 Å². The molecular weight excluding hydrogens is 368 g/mol. The van der Waals surface area contributed by atoms with Crippen LogP contribution in [-0.4, -0.2) is 29.2 Å². The third kappa shape index (κ3) is 3.07. The number of hydrogen-bond donors (Lipinski definition) is 0. The molecule has 2 fully saturated rings. The lowest BCUT2D eigenvalue weighted by Gasteiger charge is -2.42. The van der Waals surface area contributed by atoms with Crippen LogP contribution in [0.5, 0.6) is 0 Å². The summed E-state index contributed by atoms with van der Waals surface area (Å²) in [6.07, 6.45) is 3.64. The van der Waals surface area contributed by atoms with Crippen LogP contribution in [0.1, 0.15) is 48.0 Å². The highest BCUT2D eigenvalue weighted by Gasteiger charge is 2.48. The third-order valence-electron chi connectivity index (χ3n) is 6.77. The minimum absolute atomic E-state index is 0.316. The normalized spacial score (nSPS) is 27.2. The van der Waals surface area contributed by atoms with Crippen LogP contribution in [0.2, 0.25) is 5.02 Å². The van der Waals surface area contributed by atoms with Crippen LogP contribution in [0.4, 0.5) is 0 Å². The highest BCUT2D eigenvalue weighted by Crippen LogP contribution is 2.51. The molecule has 0 aliphatic carbocycles. The number of piperidine rings is 1. The minimum atomic E-state index is 0.316. The van der Waals surface area contributed by atoms with Gasteiger partial charge in [0.2, 0.25) is 0 Å². The lowest BCUT2D eigenvalue weighted by molar-refractivity contribution is 0.122. The first kappa shape index (κ1) is 18.0. The maximum absolute atomic E-state index is 6.14. The zero-order valence-corrected chi connectivity index (χ0v) is 17.1. The first-order valence-electron chi connectivity index (χ1n) is 10.1. The molecule has 4 heteroatoms. The van der Waals surface area contributed by atoms with E-state index in [9.17, 15) is 0 Å². The second kappa shape index (κ2) is 7.06. The van der Waals surface area contributed by atoms with Gasteiger partial charge in [0.15, 0.2) is 0 Å². The van der Waals surface area contributed by atoms with Crippen LogP contribution in [0, 0.1) is 6.92 Å². The highest BCUT2D eigenvalue weighted by molar-refractivity contribution is 6.30. The fraction of sp³-hybridized carbons (Fsp3) is 0.375. The Kier molecular flexibility index (Phi) is 4.53. The molecule has 0 radical (unpaired) electrons. The lowest BCUT2D eigenvalue weighted by atomic mass is 9.75. The summed E-state index contributed by atoms with van der Waals surface area (Å²) in [5.41, 5.74) is 4.64. The Morgan fingerprint density at radius 3 is 2.54 bits per heavy atom. The molecule has 2 aliphatic rings. The molecular formula is C24H25ClN2O. The van der Waals surface area contributed by atoms with Gasteiger partial charge in [0.25, 0.3) is 0 Å². The zero-order chi connectivity index (χ0) is 19.3. The van der Waals surface area contributed by atoms with Crippen LogP contribution < -0.4 is 0 Å². The molecule has 2 saturated heterocycles. The number of nitrogens with zero attached hydrogens (tertiary/aromatic N) is 2. The molecule has 3 aromatic rings. The van der Waals surface area contributed by atoms with Gasteiger partial charge in [-0.15, -0.1) is 0 Å². The first-order chi connectivity index (χ1) is 13.6. The second-order valence-corrected chi connectivity index (χ2v) is 8.80. The number of halogens is 1. The van der Waals surface area contributed by atoms with E-state index >= 15 is 0 Å².